The predicted molar refractivity (Wildman–Crippen MR) is 107 cm³/mol. The Bertz CT molecular complexity index is 769. The van der Waals surface area contributed by atoms with Crippen LogP contribution in [0.4, 0.5) is 13.2 Å². The zero-order valence-corrected chi connectivity index (χ0v) is 17.2. The number of aliphatic imine (C=N–C) groups is 1. The minimum absolute atomic E-state index is 0.0799. The van der Waals surface area contributed by atoms with Crippen LogP contribution in [0.3, 0.4) is 0 Å². The largest absolute Gasteiger partial charge is 0.468 e. The van der Waals surface area contributed by atoms with Gasteiger partial charge in [0.05, 0.1) is 23.9 Å². The Morgan fingerprint density at radius 1 is 1.34 bits per heavy atom. The Balaban J connectivity index is 1.57. The maximum atomic E-state index is 12.7. The Morgan fingerprint density at radius 2 is 2.14 bits per heavy atom. The molecule has 2 N–H and O–H groups in total. The lowest BCUT2D eigenvalue weighted by Gasteiger charge is -2.24. The highest BCUT2D eigenvalue weighted by Gasteiger charge is 2.33. The molecule has 0 spiro atoms. The van der Waals surface area contributed by atoms with Crippen LogP contribution in [0, 0.1) is 0 Å². The highest BCUT2D eigenvalue weighted by molar-refractivity contribution is 7.09. The summed E-state index contributed by atoms with van der Waals surface area (Å²) in [6.07, 6.45) is 0.0304. The summed E-state index contributed by atoms with van der Waals surface area (Å²) in [7, 11) is 0. The maximum Gasteiger partial charge on any atom is 0.434 e. The van der Waals surface area contributed by atoms with Crippen LogP contribution >= 0.6 is 11.3 Å². The minimum atomic E-state index is -4.39. The highest BCUT2D eigenvalue weighted by atomic mass is 32.1. The number of rotatable bonds is 8. The molecule has 3 heterocycles. The third kappa shape index (κ3) is 6.20. The summed E-state index contributed by atoms with van der Waals surface area (Å²) >= 11 is 1.02. The number of halogens is 3. The molecule has 10 heteroatoms. The third-order valence-corrected chi connectivity index (χ3v) is 5.60. The molecule has 29 heavy (non-hydrogen) atoms. The molecule has 2 aromatic rings. The van der Waals surface area contributed by atoms with Crippen molar-refractivity contribution in [1.82, 2.24) is 20.5 Å². The quantitative estimate of drug-likeness (QED) is 0.495. The standard InChI is InChI=1S/C19H26F3N5OS/c1-2-23-18(24-8-7-17-26-16(13-29-17)19(20,21)22)25-12-14(15-6-5-11-28-15)27-9-3-4-10-27/h5-6,11,13-14H,2-4,7-10,12H2,1H3,(H2,23,24,25). The molecule has 1 fully saturated rings. The minimum Gasteiger partial charge on any atom is -0.468 e. The summed E-state index contributed by atoms with van der Waals surface area (Å²) in [5.41, 5.74) is -0.829. The molecule has 1 atom stereocenters. The fourth-order valence-electron chi connectivity index (χ4n) is 3.28. The molecule has 0 aromatic carbocycles. The van der Waals surface area contributed by atoms with Crippen molar-refractivity contribution in [2.75, 3.05) is 32.7 Å². The number of guanidine groups is 1. The maximum absolute atomic E-state index is 12.7. The van der Waals surface area contributed by atoms with Crippen LogP contribution < -0.4 is 10.6 Å². The van der Waals surface area contributed by atoms with Crippen LogP contribution in [0.5, 0.6) is 0 Å². The summed E-state index contributed by atoms with van der Waals surface area (Å²) in [5.74, 6) is 1.53. The van der Waals surface area contributed by atoms with Crippen molar-refractivity contribution in [2.45, 2.75) is 38.4 Å². The first-order chi connectivity index (χ1) is 14.0. The van der Waals surface area contributed by atoms with Gasteiger partial charge in [-0.15, -0.1) is 11.3 Å². The van der Waals surface area contributed by atoms with E-state index >= 15 is 0 Å². The zero-order valence-electron chi connectivity index (χ0n) is 16.3. The van der Waals surface area contributed by atoms with Gasteiger partial charge in [-0.1, -0.05) is 0 Å². The lowest BCUT2D eigenvalue weighted by Crippen LogP contribution is -2.39. The van der Waals surface area contributed by atoms with Crippen LogP contribution in [0.2, 0.25) is 0 Å². The molecule has 2 aromatic heterocycles. The number of likely N-dealkylation sites (tertiary alicyclic amines) is 1. The first kappa shape index (κ1) is 21.6. The van der Waals surface area contributed by atoms with Gasteiger partial charge in [0.25, 0.3) is 0 Å². The van der Waals surface area contributed by atoms with Crippen molar-refractivity contribution >= 4 is 17.3 Å². The molecule has 0 radical (unpaired) electrons. The highest BCUT2D eigenvalue weighted by Crippen LogP contribution is 2.30. The van der Waals surface area contributed by atoms with E-state index in [0.717, 1.165) is 35.6 Å². The molecule has 1 unspecified atom stereocenters. The van der Waals surface area contributed by atoms with Gasteiger partial charge in [-0.05, 0) is 45.0 Å². The first-order valence-corrected chi connectivity index (χ1v) is 10.7. The molecular weight excluding hydrogens is 403 g/mol. The molecule has 0 amide bonds. The number of alkyl halides is 3. The van der Waals surface area contributed by atoms with E-state index in [4.69, 9.17) is 4.42 Å². The monoisotopic (exact) mass is 429 g/mol. The molecule has 0 saturated carbocycles. The lowest BCUT2D eigenvalue weighted by molar-refractivity contribution is -0.140. The number of nitrogens with zero attached hydrogens (tertiary/aromatic N) is 3. The Kier molecular flexibility index (Phi) is 7.54. The Labute approximate surface area is 172 Å². The molecule has 1 aliphatic heterocycles. The van der Waals surface area contributed by atoms with E-state index < -0.39 is 11.9 Å². The van der Waals surface area contributed by atoms with Gasteiger partial charge in [0, 0.05) is 24.9 Å². The van der Waals surface area contributed by atoms with E-state index in [1.807, 2.05) is 19.1 Å². The van der Waals surface area contributed by atoms with Crippen LogP contribution in [0.1, 0.15) is 42.3 Å². The summed E-state index contributed by atoms with van der Waals surface area (Å²) in [6.45, 7) is 5.70. The summed E-state index contributed by atoms with van der Waals surface area (Å²) in [4.78, 5) is 10.7. The number of furan rings is 1. The second kappa shape index (κ2) is 10.1. The number of hydrogen-bond acceptors (Lipinski definition) is 5. The zero-order chi connectivity index (χ0) is 20.7. The van der Waals surface area contributed by atoms with E-state index in [2.05, 4.69) is 25.5 Å². The normalized spacial score (nSPS) is 16.9. The molecule has 0 bridgehead atoms. The molecule has 1 aliphatic rings. The van der Waals surface area contributed by atoms with Gasteiger partial charge in [-0.3, -0.25) is 9.89 Å². The number of hydrogen-bond donors (Lipinski definition) is 2. The molecule has 1 saturated heterocycles. The van der Waals surface area contributed by atoms with E-state index in [0.29, 0.717) is 37.0 Å². The SMILES string of the molecule is CCNC(=NCC(c1ccco1)N1CCCC1)NCCc1nc(C(F)(F)F)cs1. The average molecular weight is 430 g/mol. The molecule has 160 valence electrons. The van der Waals surface area contributed by atoms with Crippen molar-refractivity contribution in [3.63, 3.8) is 0 Å². The summed E-state index contributed by atoms with van der Waals surface area (Å²) in [5, 5.41) is 7.87. The Hall–Kier alpha value is -2.07. The van der Waals surface area contributed by atoms with Gasteiger partial charge in [0.1, 0.15) is 5.76 Å². The summed E-state index contributed by atoms with van der Waals surface area (Å²) in [6, 6.07) is 3.94. The van der Waals surface area contributed by atoms with Crippen LogP contribution in [-0.2, 0) is 12.6 Å². The smallest absolute Gasteiger partial charge is 0.434 e. The number of nitrogens with one attached hydrogen (secondary N) is 2. The van der Waals surface area contributed by atoms with Gasteiger partial charge >= 0.3 is 6.18 Å². The van der Waals surface area contributed by atoms with Gasteiger partial charge < -0.3 is 15.1 Å². The van der Waals surface area contributed by atoms with Gasteiger partial charge in [-0.25, -0.2) is 4.98 Å². The van der Waals surface area contributed by atoms with Crippen molar-refractivity contribution in [3.8, 4) is 0 Å². The first-order valence-electron chi connectivity index (χ1n) is 9.78. The van der Waals surface area contributed by atoms with Crippen LogP contribution in [0.15, 0.2) is 33.2 Å². The molecule has 6 nitrogen and oxygen atoms in total. The van der Waals surface area contributed by atoms with Crippen molar-refractivity contribution in [1.29, 1.82) is 0 Å². The van der Waals surface area contributed by atoms with E-state index in [1.165, 1.54) is 12.8 Å². The lowest BCUT2D eigenvalue weighted by atomic mass is 10.2. The van der Waals surface area contributed by atoms with Crippen molar-refractivity contribution in [2.24, 2.45) is 4.99 Å². The average Bonchev–Trinajstić information content (AvgIpc) is 3.44. The number of aromatic nitrogens is 1. The van der Waals surface area contributed by atoms with E-state index in [1.54, 1.807) is 6.26 Å². The third-order valence-electron chi connectivity index (χ3n) is 4.69. The summed E-state index contributed by atoms with van der Waals surface area (Å²) < 4.78 is 43.6. The number of thiazole rings is 1. The van der Waals surface area contributed by atoms with E-state index in [9.17, 15) is 13.2 Å². The van der Waals surface area contributed by atoms with Gasteiger partial charge in [0.15, 0.2) is 11.7 Å². The van der Waals surface area contributed by atoms with Crippen molar-refractivity contribution < 1.29 is 17.6 Å². The molecule has 3 rings (SSSR count). The molecule has 0 aliphatic carbocycles. The fraction of sp³-hybridized carbons (Fsp3) is 0.579. The second-order valence-electron chi connectivity index (χ2n) is 6.79. The van der Waals surface area contributed by atoms with Gasteiger partial charge in [0.2, 0.25) is 0 Å². The van der Waals surface area contributed by atoms with Crippen LogP contribution in [-0.4, -0.2) is 48.6 Å². The molecular formula is C19H26F3N5OS. The van der Waals surface area contributed by atoms with Crippen LogP contribution in [0.25, 0.3) is 0 Å². The predicted octanol–water partition coefficient (Wildman–Crippen LogP) is 3.69. The van der Waals surface area contributed by atoms with Crippen molar-refractivity contribution in [3.05, 3.63) is 40.2 Å². The fourth-order valence-corrected chi connectivity index (χ4v) is 4.09. The Morgan fingerprint density at radius 3 is 2.76 bits per heavy atom. The topological polar surface area (TPSA) is 65.7 Å². The van der Waals surface area contributed by atoms with Gasteiger partial charge in [-0.2, -0.15) is 13.2 Å². The van der Waals surface area contributed by atoms with E-state index in [-0.39, 0.29) is 6.04 Å². The second-order valence-corrected chi connectivity index (χ2v) is 7.74.